The first kappa shape index (κ1) is 16.0. The summed E-state index contributed by atoms with van der Waals surface area (Å²) in [6, 6.07) is 14.8. The molecule has 2 aromatic heterocycles. The molecule has 1 amide bonds. The highest BCUT2D eigenvalue weighted by Crippen LogP contribution is 2.26. The van der Waals surface area contributed by atoms with E-state index in [1.54, 1.807) is 42.7 Å². The minimum atomic E-state index is -0.324. The summed E-state index contributed by atoms with van der Waals surface area (Å²) >= 11 is 0. The second-order valence-electron chi connectivity index (χ2n) is 5.79. The summed E-state index contributed by atoms with van der Waals surface area (Å²) in [6.45, 7) is 0. The van der Waals surface area contributed by atoms with Gasteiger partial charge in [-0.25, -0.2) is 9.37 Å². The van der Waals surface area contributed by atoms with Crippen molar-refractivity contribution in [2.45, 2.75) is 6.42 Å². The second kappa shape index (κ2) is 6.76. The van der Waals surface area contributed by atoms with Crippen LogP contribution in [0.1, 0.15) is 5.56 Å². The van der Waals surface area contributed by atoms with E-state index in [1.165, 1.54) is 12.1 Å². The van der Waals surface area contributed by atoms with Gasteiger partial charge in [-0.2, -0.15) is 0 Å². The molecule has 0 aliphatic rings. The molecule has 4 aromatic rings. The Morgan fingerprint density at radius 1 is 1.04 bits per heavy atom. The van der Waals surface area contributed by atoms with Gasteiger partial charge < -0.3 is 9.73 Å². The predicted octanol–water partition coefficient (Wildman–Crippen LogP) is 4.21. The zero-order valence-corrected chi connectivity index (χ0v) is 13.6. The maximum Gasteiger partial charge on any atom is 0.228 e. The van der Waals surface area contributed by atoms with Gasteiger partial charge in [-0.1, -0.05) is 12.1 Å². The lowest BCUT2D eigenvalue weighted by atomic mass is 10.1. The molecule has 2 heterocycles. The lowest BCUT2D eigenvalue weighted by molar-refractivity contribution is -0.115. The summed E-state index contributed by atoms with van der Waals surface area (Å²) in [4.78, 5) is 20.6. The lowest BCUT2D eigenvalue weighted by Crippen LogP contribution is -2.14. The van der Waals surface area contributed by atoms with Crippen LogP contribution < -0.4 is 5.32 Å². The van der Waals surface area contributed by atoms with E-state index in [4.69, 9.17) is 4.42 Å². The van der Waals surface area contributed by atoms with Crippen LogP contribution in [0, 0.1) is 5.82 Å². The summed E-state index contributed by atoms with van der Waals surface area (Å²) in [6.07, 6.45) is 3.51. The maximum absolute atomic E-state index is 12.9. The van der Waals surface area contributed by atoms with Gasteiger partial charge in [-0.15, -0.1) is 0 Å². The minimum Gasteiger partial charge on any atom is -0.436 e. The Morgan fingerprint density at radius 2 is 1.81 bits per heavy atom. The Kier molecular flexibility index (Phi) is 4.15. The summed E-state index contributed by atoms with van der Waals surface area (Å²) < 4.78 is 18.7. The number of rotatable bonds is 4. The van der Waals surface area contributed by atoms with Gasteiger partial charge in [0, 0.05) is 29.7 Å². The monoisotopic (exact) mass is 347 g/mol. The molecule has 0 unspecified atom stereocenters. The number of carbonyl (C=O) groups excluding carboxylic acids is 1. The van der Waals surface area contributed by atoms with Gasteiger partial charge in [0.05, 0.1) is 6.42 Å². The van der Waals surface area contributed by atoms with Gasteiger partial charge in [0.25, 0.3) is 0 Å². The van der Waals surface area contributed by atoms with Crippen molar-refractivity contribution in [3.8, 4) is 11.5 Å². The number of hydrogen-bond acceptors (Lipinski definition) is 4. The van der Waals surface area contributed by atoms with Gasteiger partial charge in [0.2, 0.25) is 11.8 Å². The number of nitrogens with zero attached hydrogens (tertiary/aromatic N) is 2. The molecule has 2 aromatic carbocycles. The van der Waals surface area contributed by atoms with Gasteiger partial charge in [-0.3, -0.25) is 9.78 Å². The molecule has 0 spiro atoms. The molecule has 0 atom stereocenters. The van der Waals surface area contributed by atoms with E-state index in [-0.39, 0.29) is 18.1 Å². The number of amides is 1. The smallest absolute Gasteiger partial charge is 0.228 e. The average Bonchev–Trinajstić information content (AvgIpc) is 3.08. The van der Waals surface area contributed by atoms with Crippen molar-refractivity contribution in [2.75, 3.05) is 5.32 Å². The first-order valence-corrected chi connectivity index (χ1v) is 8.03. The molecule has 26 heavy (non-hydrogen) atoms. The number of hydrogen-bond donors (Lipinski definition) is 1. The highest BCUT2D eigenvalue weighted by Gasteiger charge is 2.10. The molecule has 0 aliphatic carbocycles. The molecule has 1 N–H and O–H groups in total. The van der Waals surface area contributed by atoms with Crippen molar-refractivity contribution in [1.82, 2.24) is 9.97 Å². The number of anilines is 1. The fourth-order valence-corrected chi connectivity index (χ4v) is 2.61. The van der Waals surface area contributed by atoms with Crippen molar-refractivity contribution in [3.05, 3.63) is 78.4 Å². The van der Waals surface area contributed by atoms with Crippen molar-refractivity contribution in [1.29, 1.82) is 0 Å². The Hall–Kier alpha value is -3.54. The fraction of sp³-hybridized carbons (Fsp3) is 0.0500. The van der Waals surface area contributed by atoms with Crippen molar-refractivity contribution >= 4 is 22.7 Å². The van der Waals surface area contributed by atoms with Crippen LogP contribution in [0.2, 0.25) is 0 Å². The van der Waals surface area contributed by atoms with Crippen LogP contribution in [0.5, 0.6) is 0 Å². The van der Waals surface area contributed by atoms with Crippen LogP contribution in [-0.4, -0.2) is 15.9 Å². The van der Waals surface area contributed by atoms with Crippen LogP contribution in [-0.2, 0) is 11.2 Å². The summed E-state index contributed by atoms with van der Waals surface area (Å²) in [5.74, 6) is -0.0167. The summed E-state index contributed by atoms with van der Waals surface area (Å²) in [5, 5.41) is 2.82. The molecular weight excluding hydrogens is 333 g/mol. The molecule has 0 saturated heterocycles. The number of fused-ring (bicyclic) bond motifs is 1. The third-order valence-corrected chi connectivity index (χ3v) is 3.88. The predicted molar refractivity (Wildman–Crippen MR) is 96.0 cm³/mol. The molecule has 0 aliphatic heterocycles. The zero-order valence-electron chi connectivity index (χ0n) is 13.6. The molecule has 4 rings (SSSR count). The van der Waals surface area contributed by atoms with E-state index in [9.17, 15) is 9.18 Å². The Bertz CT molecular complexity index is 1060. The molecule has 0 fully saturated rings. The highest BCUT2D eigenvalue weighted by molar-refractivity contribution is 5.94. The topological polar surface area (TPSA) is 68.0 Å². The minimum absolute atomic E-state index is 0.164. The molecule has 0 saturated carbocycles. The van der Waals surface area contributed by atoms with E-state index >= 15 is 0 Å². The average molecular weight is 347 g/mol. The first-order valence-electron chi connectivity index (χ1n) is 8.03. The third kappa shape index (κ3) is 3.44. The number of carbonyl (C=O) groups is 1. The van der Waals surface area contributed by atoms with E-state index in [0.29, 0.717) is 22.7 Å². The van der Waals surface area contributed by atoms with Crippen LogP contribution >= 0.6 is 0 Å². The van der Waals surface area contributed by atoms with E-state index < -0.39 is 0 Å². The second-order valence-corrected chi connectivity index (χ2v) is 5.79. The Balaban J connectivity index is 1.52. The summed E-state index contributed by atoms with van der Waals surface area (Å²) in [5.41, 5.74) is 3.47. The highest BCUT2D eigenvalue weighted by atomic mass is 19.1. The first-order chi connectivity index (χ1) is 12.7. The van der Waals surface area contributed by atoms with Gasteiger partial charge in [-0.05, 0) is 42.0 Å². The van der Waals surface area contributed by atoms with Crippen LogP contribution in [0.15, 0.2) is 71.4 Å². The quantitative estimate of drug-likeness (QED) is 0.600. The summed E-state index contributed by atoms with van der Waals surface area (Å²) in [7, 11) is 0. The third-order valence-electron chi connectivity index (χ3n) is 3.88. The molecule has 0 bridgehead atoms. The van der Waals surface area contributed by atoms with Crippen molar-refractivity contribution < 1.29 is 13.6 Å². The van der Waals surface area contributed by atoms with Crippen LogP contribution in [0.25, 0.3) is 22.6 Å². The van der Waals surface area contributed by atoms with E-state index in [1.807, 2.05) is 12.1 Å². The molecule has 5 nitrogen and oxygen atoms in total. The van der Waals surface area contributed by atoms with Gasteiger partial charge >= 0.3 is 0 Å². The molecule has 6 heteroatoms. The Labute approximate surface area is 148 Å². The maximum atomic E-state index is 12.9. The fourth-order valence-electron chi connectivity index (χ4n) is 2.61. The number of halogens is 1. The van der Waals surface area contributed by atoms with E-state index in [0.717, 1.165) is 11.1 Å². The normalized spacial score (nSPS) is 10.8. The lowest BCUT2D eigenvalue weighted by Gasteiger charge is -2.05. The zero-order chi connectivity index (χ0) is 17.9. The van der Waals surface area contributed by atoms with Crippen molar-refractivity contribution in [3.63, 3.8) is 0 Å². The standard InChI is InChI=1S/C20H14FN3O2/c21-15-3-1-13(2-4-15)11-19(25)23-16-5-6-17-18(12-16)26-20(24-17)14-7-9-22-10-8-14/h1-10,12H,11H2,(H,23,25). The number of aromatic nitrogens is 2. The van der Waals surface area contributed by atoms with Crippen molar-refractivity contribution in [2.24, 2.45) is 0 Å². The van der Waals surface area contributed by atoms with Crippen LogP contribution in [0.3, 0.4) is 0 Å². The van der Waals surface area contributed by atoms with Gasteiger partial charge in [0.1, 0.15) is 11.3 Å². The van der Waals surface area contributed by atoms with E-state index in [2.05, 4.69) is 15.3 Å². The SMILES string of the molecule is O=C(Cc1ccc(F)cc1)Nc1ccc2nc(-c3ccncc3)oc2c1. The number of oxazole rings is 1. The number of pyridine rings is 1. The van der Waals surface area contributed by atoms with Crippen LogP contribution in [0.4, 0.5) is 10.1 Å². The molecule has 0 radical (unpaired) electrons. The number of benzene rings is 2. The molecule has 128 valence electrons. The molecular formula is C20H14FN3O2. The van der Waals surface area contributed by atoms with Gasteiger partial charge in [0.15, 0.2) is 5.58 Å². The Morgan fingerprint density at radius 3 is 2.58 bits per heavy atom. The largest absolute Gasteiger partial charge is 0.436 e. The number of nitrogens with one attached hydrogen (secondary N) is 1.